The number of nitrogens with one attached hydrogen (secondary N) is 2. The highest BCUT2D eigenvalue weighted by Crippen LogP contribution is 2.03. The Balaban J connectivity index is 2.40. The van der Waals surface area contributed by atoms with Gasteiger partial charge in [0.25, 0.3) is 0 Å². The summed E-state index contributed by atoms with van der Waals surface area (Å²) in [6, 6.07) is -2.29. The van der Waals surface area contributed by atoms with Crippen LogP contribution in [0.2, 0.25) is 0 Å². The molecule has 8 heteroatoms. The van der Waals surface area contributed by atoms with Crippen LogP contribution < -0.4 is 10.6 Å². The molecule has 1 fully saturated rings. The standard InChI is InChI=1S/C9H14N2O6/c12-7(13)3-6(8(14)15)11-9(16)10-5-1-2-17-4-5/h5-6H,1-4H2,(H,12,13)(H,14,15)(H2,10,11,16). The monoisotopic (exact) mass is 246 g/mol. The lowest BCUT2D eigenvalue weighted by atomic mass is 10.2. The Morgan fingerprint density at radius 1 is 1.35 bits per heavy atom. The molecule has 2 unspecified atom stereocenters. The van der Waals surface area contributed by atoms with Crippen molar-refractivity contribution in [2.24, 2.45) is 0 Å². The number of carboxylic acid groups (broad SMARTS) is 2. The quantitative estimate of drug-likeness (QED) is 0.493. The summed E-state index contributed by atoms with van der Waals surface area (Å²) in [4.78, 5) is 32.4. The molecule has 0 bridgehead atoms. The molecule has 2 atom stereocenters. The number of hydrogen-bond acceptors (Lipinski definition) is 4. The Morgan fingerprint density at radius 3 is 2.53 bits per heavy atom. The van der Waals surface area contributed by atoms with Gasteiger partial charge >= 0.3 is 18.0 Å². The molecule has 2 amide bonds. The van der Waals surface area contributed by atoms with E-state index in [-0.39, 0.29) is 6.04 Å². The van der Waals surface area contributed by atoms with Gasteiger partial charge in [-0.3, -0.25) is 4.79 Å². The van der Waals surface area contributed by atoms with Crippen LogP contribution >= 0.6 is 0 Å². The third kappa shape index (κ3) is 4.68. The largest absolute Gasteiger partial charge is 0.481 e. The fourth-order valence-electron chi connectivity index (χ4n) is 1.41. The van der Waals surface area contributed by atoms with Gasteiger partial charge in [0.15, 0.2) is 0 Å². The SMILES string of the molecule is O=C(O)CC(NC(=O)NC1CCOC1)C(=O)O. The molecular formula is C9H14N2O6. The maximum Gasteiger partial charge on any atom is 0.326 e. The van der Waals surface area contributed by atoms with Crippen molar-refractivity contribution in [2.45, 2.75) is 24.9 Å². The summed E-state index contributed by atoms with van der Waals surface area (Å²) in [6.45, 7) is 0.923. The molecule has 96 valence electrons. The lowest BCUT2D eigenvalue weighted by Gasteiger charge is -2.15. The van der Waals surface area contributed by atoms with E-state index in [1.807, 2.05) is 0 Å². The second-order valence-electron chi connectivity index (χ2n) is 3.67. The molecule has 0 radical (unpaired) electrons. The van der Waals surface area contributed by atoms with Crippen LogP contribution in [-0.2, 0) is 14.3 Å². The summed E-state index contributed by atoms with van der Waals surface area (Å²) >= 11 is 0. The fraction of sp³-hybridized carbons (Fsp3) is 0.667. The summed E-state index contributed by atoms with van der Waals surface area (Å²) in [5.74, 6) is -2.67. The van der Waals surface area contributed by atoms with E-state index in [1.54, 1.807) is 0 Å². The highest BCUT2D eigenvalue weighted by molar-refractivity contribution is 5.86. The maximum absolute atomic E-state index is 11.4. The van der Waals surface area contributed by atoms with Gasteiger partial charge in [0.2, 0.25) is 0 Å². The van der Waals surface area contributed by atoms with Gasteiger partial charge in [-0.25, -0.2) is 9.59 Å². The van der Waals surface area contributed by atoms with Crippen molar-refractivity contribution in [3.05, 3.63) is 0 Å². The van der Waals surface area contributed by atoms with Gasteiger partial charge in [-0.1, -0.05) is 0 Å². The summed E-state index contributed by atoms with van der Waals surface area (Å²) in [7, 11) is 0. The van der Waals surface area contributed by atoms with Crippen LogP contribution in [0.5, 0.6) is 0 Å². The van der Waals surface area contributed by atoms with Crippen molar-refractivity contribution in [3.63, 3.8) is 0 Å². The molecule has 1 saturated heterocycles. The molecule has 0 saturated carbocycles. The number of ether oxygens (including phenoxy) is 1. The van der Waals surface area contributed by atoms with Gasteiger partial charge in [-0.05, 0) is 6.42 Å². The van der Waals surface area contributed by atoms with Crippen molar-refractivity contribution in [1.82, 2.24) is 10.6 Å². The topological polar surface area (TPSA) is 125 Å². The van der Waals surface area contributed by atoms with Crippen molar-refractivity contribution in [3.8, 4) is 0 Å². The average Bonchev–Trinajstić information content (AvgIpc) is 2.68. The van der Waals surface area contributed by atoms with Crippen LogP contribution in [0.1, 0.15) is 12.8 Å². The molecule has 1 aliphatic heterocycles. The number of rotatable bonds is 5. The predicted octanol–water partition coefficient (Wildman–Crippen LogP) is -0.998. The van der Waals surface area contributed by atoms with Crippen LogP contribution in [0.25, 0.3) is 0 Å². The second kappa shape index (κ2) is 6.04. The minimum absolute atomic E-state index is 0.158. The van der Waals surface area contributed by atoms with Crippen molar-refractivity contribution in [2.75, 3.05) is 13.2 Å². The van der Waals surface area contributed by atoms with Crippen LogP contribution in [0, 0.1) is 0 Å². The molecule has 0 aromatic carbocycles. The van der Waals surface area contributed by atoms with Crippen molar-refractivity contribution in [1.29, 1.82) is 0 Å². The van der Waals surface area contributed by atoms with Gasteiger partial charge in [-0.15, -0.1) is 0 Å². The Hall–Kier alpha value is -1.83. The lowest BCUT2D eigenvalue weighted by Crippen LogP contribution is -2.49. The summed E-state index contributed by atoms with van der Waals surface area (Å²) in [6.07, 6.45) is -0.00594. The van der Waals surface area contributed by atoms with E-state index >= 15 is 0 Å². The van der Waals surface area contributed by atoms with Crippen LogP contribution in [0.15, 0.2) is 0 Å². The van der Waals surface area contributed by atoms with Gasteiger partial charge < -0.3 is 25.6 Å². The molecule has 8 nitrogen and oxygen atoms in total. The van der Waals surface area contributed by atoms with Crippen LogP contribution in [-0.4, -0.2) is 53.5 Å². The first-order valence-electron chi connectivity index (χ1n) is 5.08. The van der Waals surface area contributed by atoms with Gasteiger partial charge in [-0.2, -0.15) is 0 Å². The first kappa shape index (κ1) is 13.2. The van der Waals surface area contributed by atoms with E-state index in [0.29, 0.717) is 19.6 Å². The van der Waals surface area contributed by atoms with E-state index in [9.17, 15) is 14.4 Å². The maximum atomic E-state index is 11.4. The predicted molar refractivity (Wildman–Crippen MR) is 54.6 cm³/mol. The molecule has 1 rings (SSSR count). The molecule has 1 heterocycles. The normalized spacial score (nSPS) is 20.6. The summed E-state index contributed by atoms with van der Waals surface area (Å²) < 4.78 is 5.02. The van der Waals surface area contributed by atoms with E-state index < -0.39 is 30.4 Å². The average molecular weight is 246 g/mol. The third-order valence-corrected chi connectivity index (χ3v) is 2.25. The zero-order valence-corrected chi connectivity index (χ0v) is 9.01. The van der Waals surface area contributed by atoms with Gasteiger partial charge in [0.05, 0.1) is 19.1 Å². The molecule has 1 aliphatic rings. The number of aliphatic carboxylic acids is 2. The minimum atomic E-state index is -1.44. The molecule has 0 aliphatic carbocycles. The summed E-state index contributed by atoms with van der Waals surface area (Å²) in [5, 5.41) is 21.8. The van der Waals surface area contributed by atoms with Gasteiger partial charge in [0.1, 0.15) is 6.04 Å². The van der Waals surface area contributed by atoms with Crippen LogP contribution in [0.4, 0.5) is 4.79 Å². The first-order chi connectivity index (χ1) is 7.99. The fourth-order valence-corrected chi connectivity index (χ4v) is 1.41. The van der Waals surface area contributed by atoms with E-state index in [2.05, 4.69) is 10.6 Å². The molecule has 0 aromatic rings. The Kier molecular flexibility index (Phi) is 4.70. The summed E-state index contributed by atoms with van der Waals surface area (Å²) in [5.41, 5.74) is 0. The zero-order chi connectivity index (χ0) is 12.8. The number of hydrogen-bond donors (Lipinski definition) is 4. The minimum Gasteiger partial charge on any atom is -0.481 e. The number of amides is 2. The third-order valence-electron chi connectivity index (χ3n) is 2.25. The number of carbonyl (C=O) groups excluding carboxylic acids is 1. The number of urea groups is 1. The highest BCUT2D eigenvalue weighted by atomic mass is 16.5. The molecular weight excluding hydrogens is 232 g/mol. The highest BCUT2D eigenvalue weighted by Gasteiger charge is 2.25. The van der Waals surface area contributed by atoms with E-state index in [4.69, 9.17) is 14.9 Å². The zero-order valence-electron chi connectivity index (χ0n) is 9.01. The number of carbonyl (C=O) groups is 3. The molecule has 4 N–H and O–H groups in total. The number of carboxylic acids is 2. The van der Waals surface area contributed by atoms with Crippen molar-refractivity contribution >= 4 is 18.0 Å². The first-order valence-corrected chi connectivity index (χ1v) is 5.08. The second-order valence-corrected chi connectivity index (χ2v) is 3.67. The molecule has 17 heavy (non-hydrogen) atoms. The lowest BCUT2D eigenvalue weighted by molar-refractivity contribution is -0.145. The van der Waals surface area contributed by atoms with Crippen LogP contribution in [0.3, 0.4) is 0 Å². The van der Waals surface area contributed by atoms with Crippen molar-refractivity contribution < 1.29 is 29.3 Å². The van der Waals surface area contributed by atoms with Gasteiger partial charge in [0, 0.05) is 6.61 Å². The Labute approximate surface area is 96.9 Å². The van der Waals surface area contributed by atoms with E-state index in [0.717, 1.165) is 0 Å². The smallest absolute Gasteiger partial charge is 0.326 e. The van der Waals surface area contributed by atoms with E-state index in [1.165, 1.54) is 0 Å². The Bertz CT molecular complexity index is 313. The molecule has 0 aromatic heterocycles. The molecule has 0 spiro atoms. The Morgan fingerprint density at radius 2 is 2.06 bits per heavy atom.